The smallest absolute Gasteiger partial charge is 0.261 e. The molecule has 0 aliphatic carbocycles. The van der Waals surface area contributed by atoms with Gasteiger partial charge in [0.15, 0.2) is 0 Å². The van der Waals surface area contributed by atoms with Crippen LogP contribution in [-0.2, 0) is 17.1 Å². The Bertz CT molecular complexity index is 567. The summed E-state index contributed by atoms with van der Waals surface area (Å²) in [5, 5.41) is 9.96. The predicted octanol–water partition coefficient (Wildman–Crippen LogP) is 1.39. The highest BCUT2D eigenvalue weighted by Crippen LogP contribution is 2.26. The summed E-state index contributed by atoms with van der Waals surface area (Å²) in [4.78, 5) is 3.79. The van der Waals surface area contributed by atoms with Crippen LogP contribution in [0.25, 0.3) is 0 Å². The van der Waals surface area contributed by atoms with Crippen LogP contribution in [0.3, 0.4) is 0 Å². The molecule has 0 amide bonds. The molecule has 1 aromatic rings. The number of aryl methyl sites for hydroxylation is 1. The van der Waals surface area contributed by atoms with Gasteiger partial charge in [0.05, 0.1) is 12.4 Å². The number of aromatic nitrogens is 2. The van der Waals surface area contributed by atoms with Gasteiger partial charge >= 0.3 is 0 Å². The van der Waals surface area contributed by atoms with Crippen molar-refractivity contribution in [2.45, 2.75) is 38.8 Å². The topological polar surface area (TPSA) is 84.2 Å². The van der Waals surface area contributed by atoms with Crippen LogP contribution in [-0.4, -0.2) is 35.7 Å². The number of hydrogen-bond donors (Lipinski definition) is 2. The first kappa shape index (κ1) is 17.4. The monoisotopic (exact) mass is 323 g/mol. The minimum absolute atomic E-state index is 0.0351. The Morgan fingerprint density at radius 3 is 2.45 bits per heavy atom. The molecule has 0 radical (unpaired) electrons. The lowest BCUT2D eigenvalue weighted by atomic mass is 9.81. The second-order valence-electron chi connectivity index (χ2n) is 5.95. The molecule has 0 aliphatic rings. The van der Waals surface area contributed by atoms with E-state index in [0.717, 1.165) is 0 Å². The zero-order valence-electron chi connectivity index (χ0n) is 12.4. The maximum absolute atomic E-state index is 12.2. The zero-order valence-corrected chi connectivity index (χ0v) is 14.0. The van der Waals surface area contributed by atoms with Crippen LogP contribution in [0.1, 0.15) is 27.7 Å². The van der Waals surface area contributed by atoms with Gasteiger partial charge in [0.25, 0.3) is 10.0 Å². The molecule has 2 N–H and O–H groups in total. The van der Waals surface area contributed by atoms with E-state index in [1.165, 1.54) is 10.9 Å². The summed E-state index contributed by atoms with van der Waals surface area (Å²) in [5.41, 5.74) is -0.595. The molecular weight excluding hydrogens is 302 g/mol. The Kier molecular flexibility index (Phi) is 5.23. The van der Waals surface area contributed by atoms with Crippen LogP contribution in [0.5, 0.6) is 0 Å². The maximum atomic E-state index is 12.2. The largest absolute Gasteiger partial charge is 0.392 e. The van der Waals surface area contributed by atoms with Crippen LogP contribution in [0.2, 0.25) is 5.15 Å². The third-order valence-electron chi connectivity index (χ3n) is 3.24. The molecule has 1 aromatic heterocycles. The summed E-state index contributed by atoms with van der Waals surface area (Å²) in [5.74, 6) is 0.0351. The number of rotatable bonds is 6. The lowest BCUT2D eigenvalue weighted by molar-refractivity contribution is 0.0166. The fourth-order valence-corrected chi connectivity index (χ4v) is 3.58. The number of sulfonamides is 1. The van der Waals surface area contributed by atoms with Crippen molar-refractivity contribution in [2.75, 3.05) is 6.54 Å². The van der Waals surface area contributed by atoms with Gasteiger partial charge in [-0.3, -0.25) is 0 Å². The van der Waals surface area contributed by atoms with Crippen molar-refractivity contribution in [3.8, 4) is 0 Å². The van der Waals surface area contributed by atoms with Crippen LogP contribution in [0.4, 0.5) is 0 Å². The molecule has 6 nitrogen and oxygen atoms in total. The number of imidazole rings is 1. The van der Waals surface area contributed by atoms with Gasteiger partial charge in [-0.25, -0.2) is 18.1 Å². The summed E-state index contributed by atoms with van der Waals surface area (Å²) in [6, 6.07) is 0. The highest BCUT2D eigenvalue weighted by atomic mass is 35.5. The van der Waals surface area contributed by atoms with E-state index < -0.39 is 21.5 Å². The van der Waals surface area contributed by atoms with Crippen molar-refractivity contribution < 1.29 is 13.5 Å². The Hall–Kier alpha value is -0.630. The molecule has 0 bridgehead atoms. The fourth-order valence-electron chi connectivity index (χ4n) is 1.93. The summed E-state index contributed by atoms with van der Waals surface area (Å²) >= 11 is 5.89. The second-order valence-corrected chi connectivity index (χ2v) is 7.99. The van der Waals surface area contributed by atoms with Gasteiger partial charge in [-0.05, 0) is 5.92 Å². The van der Waals surface area contributed by atoms with E-state index in [-0.39, 0.29) is 22.6 Å². The molecule has 0 saturated heterocycles. The molecule has 0 fully saturated rings. The van der Waals surface area contributed by atoms with Gasteiger partial charge in [-0.1, -0.05) is 39.3 Å². The molecule has 1 atom stereocenters. The van der Waals surface area contributed by atoms with Gasteiger partial charge in [0, 0.05) is 19.0 Å². The predicted molar refractivity (Wildman–Crippen MR) is 78.0 cm³/mol. The van der Waals surface area contributed by atoms with Crippen molar-refractivity contribution >= 4 is 21.6 Å². The van der Waals surface area contributed by atoms with Crippen LogP contribution in [0.15, 0.2) is 11.4 Å². The van der Waals surface area contributed by atoms with Crippen molar-refractivity contribution in [1.82, 2.24) is 14.3 Å². The molecule has 1 rings (SSSR count). The summed E-state index contributed by atoms with van der Waals surface area (Å²) in [6.45, 7) is 7.48. The molecule has 0 spiro atoms. The number of halogens is 1. The normalized spacial score (nSPS) is 14.8. The first-order chi connectivity index (χ1) is 8.99. The van der Waals surface area contributed by atoms with Crippen molar-refractivity contribution in [1.29, 1.82) is 0 Å². The minimum Gasteiger partial charge on any atom is -0.392 e. The van der Waals surface area contributed by atoms with Gasteiger partial charge in [0.2, 0.25) is 5.03 Å². The molecular formula is C12H22ClN3O3S. The van der Waals surface area contributed by atoms with E-state index in [9.17, 15) is 13.5 Å². The SMILES string of the molecule is CC(C)C(O)C(C)(C)CNS(=O)(=O)c1ncn(C)c1Cl. The minimum atomic E-state index is -3.79. The third kappa shape index (κ3) is 3.72. The quantitative estimate of drug-likeness (QED) is 0.828. The second kappa shape index (κ2) is 6.01. The fraction of sp³-hybridized carbons (Fsp3) is 0.750. The molecule has 0 saturated carbocycles. The van der Waals surface area contributed by atoms with E-state index in [1.807, 2.05) is 13.8 Å². The van der Waals surface area contributed by atoms with Gasteiger partial charge in [-0.2, -0.15) is 0 Å². The van der Waals surface area contributed by atoms with E-state index in [2.05, 4.69) is 9.71 Å². The van der Waals surface area contributed by atoms with Gasteiger partial charge < -0.3 is 9.67 Å². The van der Waals surface area contributed by atoms with E-state index in [1.54, 1.807) is 20.9 Å². The Labute approximate surface area is 125 Å². The Balaban J connectivity index is 2.86. The summed E-state index contributed by atoms with van der Waals surface area (Å²) in [6.07, 6.45) is 0.717. The zero-order chi connectivity index (χ0) is 15.7. The van der Waals surface area contributed by atoms with Gasteiger partial charge in [0.1, 0.15) is 5.15 Å². The van der Waals surface area contributed by atoms with Crippen LogP contribution >= 0.6 is 11.6 Å². The number of aliphatic hydroxyl groups excluding tert-OH is 1. The van der Waals surface area contributed by atoms with E-state index in [0.29, 0.717) is 0 Å². The Morgan fingerprint density at radius 2 is 2.05 bits per heavy atom. The first-order valence-corrected chi connectivity index (χ1v) is 8.19. The van der Waals surface area contributed by atoms with Crippen molar-refractivity contribution in [3.63, 3.8) is 0 Å². The highest BCUT2D eigenvalue weighted by molar-refractivity contribution is 7.89. The maximum Gasteiger partial charge on any atom is 0.261 e. The van der Waals surface area contributed by atoms with Gasteiger partial charge in [-0.15, -0.1) is 0 Å². The van der Waals surface area contributed by atoms with E-state index in [4.69, 9.17) is 11.6 Å². The Morgan fingerprint density at radius 1 is 1.50 bits per heavy atom. The third-order valence-corrected chi connectivity index (χ3v) is 5.13. The first-order valence-electron chi connectivity index (χ1n) is 6.33. The summed E-state index contributed by atoms with van der Waals surface area (Å²) < 4.78 is 28.2. The number of nitrogens with zero attached hydrogens (tertiary/aromatic N) is 2. The standard InChI is InChI=1S/C12H22ClN3O3S/c1-8(2)9(17)12(3,4)6-15-20(18,19)11-10(13)16(5)7-14-11/h7-9,15,17H,6H2,1-5H3. The lowest BCUT2D eigenvalue weighted by Crippen LogP contribution is -2.43. The number of nitrogens with one attached hydrogen (secondary N) is 1. The molecule has 116 valence electrons. The van der Waals surface area contributed by atoms with E-state index >= 15 is 0 Å². The van der Waals surface area contributed by atoms with Crippen molar-refractivity contribution in [2.24, 2.45) is 18.4 Å². The average molecular weight is 324 g/mol. The molecule has 20 heavy (non-hydrogen) atoms. The molecule has 1 unspecified atom stereocenters. The number of hydrogen-bond acceptors (Lipinski definition) is 4. The van der Waals surface area contributed by atoms with Crippen molar-refractivity contribution in [3.05, 3.63) is 11.5 Å². The molecule has 1 heterocycles. The molecule has 8 heteroatoms. The average Bonchev–Trinajstić information content (AvgIpc) is 2.67. The van der Waals surface area contributed by atoms with Crippen LogP contribution in [0, 0.1) is 11.3 Å². The molecule has 0 aliphatic heterocycles. The summed E-state index contributed by atoms with van der Waals surface area (Å²) in [7, 11) is -2.18. The van der Waals surface area contributed by atoms with Crippen LogP contribution < -0.4 is 4.72 Å². The molecule has 0 aromatic carbocycles. The number of aliphatic hydroxyl groups is 1. The highest BCUT2D eigenvalue weighted by Gasteiger charge is 2.32. The lowest BCUT2D eigenvalue weighted by Gasteiger charge is -2.33.